The van der Waals surface area contributed by atoms with Crippen molar-refractivity contribution in [3.8, 4) is 5.75 Å². The molecule has 6 nitrogen and oxygen atoms in total. The number of ether oxygens (including phenoxy) is 3. The Bertz CT molecular complexity index is 814. The number of rotatable bonds is 4. The first-order chi connectivity index (χ1) is 12.4. The minimum absolute atomic E-state index is 0.356. The highest BCUT2D eigenvalue weighted by Crippen LogP contribution is 2.30. The highest BCUT2D eigenvalue weighted by atomic mass is 32.1. The van der Waals surface area contributed by atoms with Crippen molar-refractivity contribution in [3.63, 3.8) is 0 Å². The molecule has 0 aliphatic heterocycles. The number of benzene rings is 1. The molecule has 0 aliphatic carbocycles. The van der Waals surface area contributed by atoms with Gasteiger partial charge in [-0.05, 0) is 82.5 Å². The molecular formula is C20H27NO5S. The van der Waals surface area contributed by atoms with Gasteiger partial charge in [-0.3, -0.25) is 0 Å². The van der Waals surface area contributed by atoms with E-state index in [0.29, 0.717) is 18.7 Å². The van der Waals surface area contributed by atoms with Crippen molar-refractivity contribution in [2.24, 2.45) is 0 Å². The van der Waals surface area contributed by atoms with Crippen LogP contribution in [0.15, 0.2) is 23.6 Å². The minimum Gasteiger partial charge on any atom is -0.444 e. The summed E-state index contributed by atoms with van der Waals surface area (Å²) in [5, 5.41) is 5.75. The summed E-state index contributed by atoms with van der Waals surface area (Å²) in [6, 6.07) is 5.79. The van der Waals surface area contributed by atoms with Crippen LogP contribution in [0, 0.1) is 0 Å². The number of carbonyl (C=O) groups is 2. The third-order valence-electron chi connectivity index (χ3n) is 3.28. The fourth-order valence-electron chi connectivity index (χ4n) is 2.30. The molecule has 2 aromatic rings. The predicted molar refractivity (Wildman–Crippen MR) is 107 cm³/mol. The van der Waals surface area contributed by atoms with Gasteiger partial charge < -0.3 is 19.5 Å². The normalized spacial score (nSPS) is 11.9. The number of nitrogens with one attached hydrogen (secondary N) is 1. The van der Waals surface area contributed by atoms with E-state index in [9.17, 15) is 9.59 Å². The minimum atomic E-state index is -0.750. The molecule has 0 unspecified atom stereocenters. The molecule has 7 heteroatoms. The smallest absolute Gasteiger partial charge is 0.444 e. The van der Waals surface area contributed by atoms with Crippen molar-refractivity contribution in [1.29, 1.82) is 0 Å². The number of alkyl carbamates (subject to hydrolysis) is 1. The van der Waals surface area contributed by atoms with Crippen LogP contribution in [-0.2, 0) is 15.9 Å². The molecular weight excluding hydrogens is 366 g/mol. The summed E-state index contributed by atoms with van der Waals surface area (Å²) in [6.07, 6.45) is -0.739. The van der Waals surface area contributed by atoms with Crippen molar-refractivity contribution in [2.75, 3.05) is 6.54 Å². The van der Waals surface area contributed by atoms with E-state index in [0.717, 1.165) is 15.6 Å². The zero-order valence-electron chi connectivity index (χ0n) is 16.7. The van der Waals surface area contributed by atoms with E-state index in [1.54, 1.807) is 32.1 Å². The SMILES string of the molecule is CC(C)(C)OC(=O)NCCc1cc2ccsc2cc1OC(=O)OC(C)(C)C. The first-order valence-corrected chi connectivity index (χ1v) is 9.69. The molecule has 0 fully saturated rings. The Hall–Kier alpha value is -2.28. The maximum absolute atomic E-state index is 12.1. The first-order valence-electron chi connectivity index (χ1n) is 8.81. The lowest BCUT2D eigenvalue weighted by molar-refractivity contribution is 0.0203. The van der Waals surface area contributed by atoms with Gasteiger partial charge in [-0.15, -0.1) is 11.3 Å². The van der Waals surface area contributed by atoms with Crippen LogP contribution >= 0.6 is 11.3 Å². The van der Waals surface area contributed by atoms with Crippen LogP contribution < -0.4 is 10.1 Å². The van der Waals surface area contributed by atoms with Crippen LogP contribution in [0.1, 0.15) is 47.1 Å². The van der Waals surface area contributed by atoms with Gasteiger partial charge in [0, 0.05) is 11.2 Å². The van der Waals surface area contributed by atoms with Crippen LogP contribution in [0.2, 0.25) is 0 Å². The molecule has 0 bridgehead atoms. The van der Waals surface area contributed by atoms with Gasteiger partial charge >= 0.3 is 12.2 Å². The molecule has 0 aliphatic rings. The van der Waals surface area contributed by atoms with E-state index in [1.165, 1.54) is 0 Å². The maximum atomic E-state index is 12.1. The Balaban J connectivity index is 2.09. The molecule has 1 heterocycles. The largest absolute Gasteiger partial charge is 0.514 e. The molecule has 1 aromatic carbocycles. The van der Waals surface area contributed by atoms with Gasteiger partial charge in [0.1, 0.15) is 17.0 Å². The summed E-state index contributed by atoms with van der Waals surface area (Å²) < 4.78 is 16.9. The second-order valence-corrected chi connectivity index (χ2v) is 9.11. The molecule has 27 heavy (non-hydrogen) atoms. The van der Waals surface area contributed by atoms with Crippen molar-refractivity contribution >= 4 is 33.7 Å². The monoisotopic (exact) mass is 393 g/mol. The van der Waals surface area contributed by atoms with Gasteiger partial charge in [0.05, 0.1) is 0 Å². The Kier molecular flexibility index (Phi) is 6.36. The summed E-state index contributed by atoms with van der Waals surface area (Å²) in [6.45, 7) is 11.1. The second kappa shape index (κ2) is 8.17. The lowest BCUT2D eigenvalue weighted by Crippen LogP contribution is -2.33. The Morgan fingerprint density at radius 2 is 1.70 bits per heavy atom. The number of fused-ring (bicyclic) bond motifs is 1. The van der Waals surface area contributed by atoms with E-state index < -0.39 is 23.5 Å². The van der Waals surface area contributed by atoms with E-state index in [2.05, 4.69) is 5.32 Å². The number of amides is 1. The summed E-state index contributed by atoms with van der Waals surface area (Å²) in [7, 11) is 0. The zero-order valence-corrected chi connectivity index (χ0v) is 17.5. The number of thiophene rings is 1. The molecule has 0 spiro atoms. The van der Waals surface area contributed by atoms with Crippen molar-refractivity contribution in [2.45, 2.75) is 59.2 Å². The topological polar surface area (TPSA) is 73.9 Å². The molecule has 0 saturated carbocycles. The number of carbonyl (C=O) groups excluding carboxylic acids is 2. The summed E-state index contributed by atoms with van der Waals surface area (Å²) >= 11 is 1.56. The average molecular weight is 394 g/mol. The van der Waals surface area contributed by atoms with Gasteiger partial charge in [-0.2, -0.15) is 0 Å². The molecule has 1 amide bonds. The highest BCUT2D eigenvalue weighted by Gasteiger charge is 2.20. The van der Waals surface area contributed by atoms with Crippen LogP contribution in [0.5, 0.6) is 5.75 Å². The molecule has 1 aromatic heterocycles. The summed E-state index contributed by atoms with van der Waals surface area (Å²) in [5.41, 5.74) is -0.379. The lowest BCUT2D eigenvalue weighted by atomic mass is 10.1. The van der Waals surface area contributed by atoms with E-state index in [4.69, 9.17) is 14.2 Å². The second-order valence-electron chi connectivity index (χ2n) is 8.16. The molecule has 0 radical (unpaired) electrons. The Morgan fingerprint density at radius 1 is 1.04 bits per heavy atom. The van der Waals surface area contributed by atoms with Gasteiger partial charge in [0.15, 0.2) is 0 Å². The van der Waals surface area contributed by atoms with Crippen LogP contribution in [0.3, 0.4) is 0 Å². The lowest BCUT2D eigenvalue weighted by Gasteiger charge is -2.20. The van der Waals surface area contributed by atoms with Crippen molar-refractivity contribution in [3.05, 3.63) is 29.1 Å². The Morgan fingerprint density at radius 3 is 2.33 bits per heavy atom. The van der Waals surface area contributed by atoms with Gasteiger partial charge in [-0.1, -0.05) is 0 Å². The fourth-order valence-corrected chi connectivity index (χ4v) is 3.10. The predicted octanol–water partition coefficient (Wildman–Crippen LogP) is 5.28. The number of hydrogen-bond acceptors (Lipinski definition) is 6. The molecule has 0 saturated heterocycles. The molecule has 148 valence electrons. The number of hydrogen-bond donors (Lipinski definition) is 1. The van der Waals surface area contributed by atoms with Crippen LogP contribution in [-0.4, -0.2) is 30.0 Å². The van der Waals surface area contributed by atoms with Gasteiger partial charge in [0.2, 0.25) is 0 Å². The van der Waals surface area contributed by atoms with Gasteiger partial charge in [-0.25, -0.2) is 9.59 Å². The standard InChI is InChI=1S/C20H27NO5S/c1-19(2,3)25-17(22)21-9-7-13-11-14-8-10-27-16(14)12-15(13)24-18(23)26-20(4,5)6/h8,10-12H,7,9H2,1-6H3,(H,21,22). The van der Waals surface area contributed by atoms with E-state index >= 15 is 0 Å². The zero-order chi connectivity index (χ0) is 20.2. The molecule has 2 rings (SSSR count). The maximum Gasteiger partial charge on any atom is 0.514 e. The third kappa shape index (κ3) is 7.09. The average Bonchev–Trinajstić information content (AvgIpc) is 2.90. The molecule has 0 atom stereocenters. The van der Waals surface area contributed by atoms with E-state index in [-0.39, 0.29) is 0 Å². The quantitative estimate of drug-likeness (QED) is 0.565. The van der Waals surface area contributed by atoms with Crippen molar-refractivity contribution in [1.82, 2.24) is 5.32 Å². The molecule has 1 N–H and O–H groups in total. The summed E-state index contributed by atoms with van der Waals surface area (Å²) in [4.78, 5) is 23.9. The third-order valence-corrected chi connectivity index (χ3v) is 4.16. The fraction of sp³-hybridized carbons (Fsp3) is 0.500. The highest BCUT2D eigenvalue weighted by molar-refractivity contribution is 7.17. The van der Waals surface area contributed by atoms with Crippen LogP contribution in [0.25, 0.3) is 10.1 Å². The van der Waals surface area contributed by atoms with Gasteiger partial charge in [0.25, 0.3) is 0 Å². The van der Waals surface area contributed by atoms with Crippen LogP contribution in [0.4, 0.5) is 9.59 Å². The summed E-state index contributed by atoms with van der Waals surface area (Å²) in [5.74, 6) is 0.435. The first kappa shape index (κ1) is 21.0. The Labute approximate surface area is 163 Å². The van der Waals surface area contributed by atoms with E-state index in [1.807, 2.05) is 44.4 Å². The van der Waals surface area contributed by atoms with Crippen molar-refractivity contribution < 1.29 is 23.8 Å².